The summed E-state index contributed by atoms with van der Waals surface area (Å²) >= 11 is 0. The summed E-state index contributed by atoms with van der Waals surface area (Å²) in [6.07, 6.45) is -1.50. The van der Waals surface area contributed by atoms with Crippen LogP contribution in [0.4, 0.5) is 13.2 Å². The molecule has 10 heteroatoms. The van der Waals surface area contributed by atoms with Gasteiger partial charge >= 0.3 is 6.18 Å². The van der Waals surface area contributed by atoms with Crippen LogP contribution in [-0.2, 0) is 20.4 Å². The van der Waals surface area contributed by atoms with Crippen LogP contribution in [0.2, 0.25) is 0 Å². The number of fused-ring (bicyclic) bond motifs is 1. The van der Waals surface area contributed by atoms with Gasteiger partial charge in [0.1, 0.15) is 6.61 Å². The summed E-state index contributed by atoms with van der Waals surface area (Å²) in [6, 6.07) is 1.02. The summed E-state index contributed by atoms with van der Waals surface area (Å²) in [5.41, 5.74) is -0.381. The van der Waals surface area contributed by atoms with Gasteiger partial charge in [-0.1, -0.05) is 5.16 Å². The van der Waals surface area contributed by atoms with Crippen LogP contribution in [0.25, 0.3) is 11.1 Å². The summed E-state index contributed by atoms with van der Waals surface area (Å²) in [4.78, 5) is 18.1. The lowest BCUT2D eigenvalue weighted by Crippen LogP contribution is -2.40. The van der Waals surface area contributed by atoms with Crippen LogP contribution in [0.3, 0.4) is 0 Å². The number of carbonyl (C=O) groups excluding carboxylic acids is 1. The molecule has 0 radical (unpaired) electrons. The Labute approximate surface area is 171 Å². The minimum atomic E-state index is -4.52. The van der Waals surface area contributed by atoms with Crippen molar-refractivity contribution in [2.75, 3.05) is 32.9 Å². The average Bonchev–Trinajstić information content (AvgIpc) is 3.36. The maximum absolute atomic E-state index is 13.5. The zero-order valence-electron chi connectivity index (χ0n) is 16.7. The molecule has 0 N–H and O–H groups in total. The van der Waals surface area contributed by atoms with Gasteiger partial charge in [0.25, 0.3) is 5.71 Å². The van der Waals surface area contributed by atoms with Crippen molar-refractivity contribution < 1.29 is 32.0 Å². The van der Waals surface area contributed by atoms with E-state index in [1.165, 1.54) is 6.92 Å². The topological polar surface area (TPSA) is 77.7 Å². The van der Waals surface area contributed by atoms with Gasteiger partial charge in [0, 0.05) is 31.3 Å². The number of halogens is 3. The molecule has 1 amide bonds. The van der Waals surface area contributed by atoms with Gasteiger partial charge in [0.05, 0.1) is 29.4 Å². The minimum Gasteiger partial charge on any atom is -0.376 e. The van der Waals surface area contributed by atoms with Crippen molar-refractivity contribution in [3.63, 3.8) is 0 Å². The van der Waals surface area contributed by atoms with Gasteiger partial charge in [-0.05, 0) is 38.7 Å². The molecule has 0 aromatic carbocycles. The van der Waals surface area contributed by atoms with E-state index in [1.807, 2.05) is 0 Å². The molecule has 164 valence electrons. The van der Waals surface area contributed by atoms with Crippen LogP contribution >= 0.6 is 0 Å². The number of ether oxygens (including phenoxy) is 2. The molecular formula is C20H24F3N3O4. The zero-order chi connectivity index (χ0) is 21.3. The third-order valence-electron chi connectivity index (χ3n) is 5.69. The maximum Gasteiger partial charge on any atom is 0.417 e. The average molecular weight is 427 g/mol. The van der Waals surface area contributed by atoms with Crippen molar-refractivity contribution in [3.8, 4) is 0 Å². The Morgan fingerprint density at radius 1 is 1.30 bits per heavy atom. The molecule has 2 saturated heterocycles. The van der Waals surface area contributed by atoms with Crippen LogP contribution in [-0.4, -0.2) is 60.0 Å². The third-order valence-corrected chi connectivity index (χ3v) is 5.69. The molecule has 2 fully saturated rings. The van der Waals surface area contributed by atoms with E-state index in [2.05, 4.69) is 10.1 Å². The highest BCUT2D eigenvalue weighted by molar-refractivity contribution is 5.82. The number of amides is 1. The molecule has 4 heterocycles. The van der Waals surface area contributed by atoms with Crippen LogP contribution in [0.1, 0.15) is 48.6 Å². The van der Waals surface area contributed by atoms with Gasteiger partial charge in [-0.15, -0.1) is 0 Å². The van der Waals surface area contributed by atoms with Gasteiger partial charge < -0.3 is 18.9 Å². The van der Waals surface area contributed by atoms with Crippen LogP contribution in [0, 0.1) is 6.92 Å². The molecule has 30 heavy (non-hydrogen) atoms. The molecule has 2 aromatic heterocycles. The van der Waals surface area contributed by atoms with Crippen molar-refractivity contribution in [3.05, 3.63) is 23.0 Å². The number of piperidine rings is 1. The van der Waals surface area contributed by atoms with Crippen LogP contribution < -0.4 is 0 Å². The highest BCUT2D eigenvalue weighted by Gasteiger charge is 2.37. The number of likely N-dealkylation sites (tertiary alicyclic amines) is 1. The van der Waals surface area contributed by atoms with E-state index in [0.29, 0.717) is 32.5 Å². The summed E-state index contributed by atoms with van der Waals surface area (Å²) < 4.78 is 56.7. The summed E-state index contributed by atoms with van der Waals surface area (Å²) in [7, 11) is 0. The van der Waals surface area contributed by atoms with Gasteiger partial charge in [0.2, 0.25) is 5.91 Å². The van der Waals surface area contributed by atoms with Gasteiger partial charge in [-0.25, -0.2) is 4.98 Å². The fourth-order valence-electron chi connectivity index (χ4n) is 4.15. The summed E-state index contributed by atoms with van der Waals surface area (Å²) in [6.45, 7) is 3.47. The number of pyridine rings is 1. The molecule has 0 unspecified atom stereocenters. The van der Waals surface area contributed by atoms with Crippen molar-refractivity contribution in [1.82, 2.24) is 15.0 Å². The number of rotatable bonds is 5. The first-order valence-electron chi connectivity index (χ1n) is 10.1. The fraction of sp³-hybridized carbons (Fsp3) is 0.650. The second-order valence-corrected chi connectivity index (χ2v) is 7.86. The van der Waals surface area contributed by atoms with Gasteiger partial charge in [0.15, 0.2) is 0 Å². The Bertz CT molecular complexity index is 901. The first-order valence-corrected chi connectivity index (χ1v) is 10.1. The third kappa shape index (κ3) is 4.44. The largest absolute Gasteiger partial charge is 0.417 e. The second kappa shape index (κ2) is 8.50. The number of hydrogen-bond acceptors (Lipinski definition) is 6. The number of carbonyl (C=O) groups is 1. The summed E-state index contributed by atoms with van der Waals surface area (Å²) in [5, 5.41) is 3.85. The lowest BCUT2D eigenvalue weighted by molar-refractivity contribution is -0.138. The normalized spacial score (nSPS) is 20.9. The molecule has 2 aliphatic rings. The predicted molar refractivity (Wildman–Crippen MR) is 99.9 cm³/mol. The van der Waals surface area contributed by atoms with Gasteiger partial charge in [-0.2, -0.15) is 13.2 Å². The molecule has 0 saturated carbocycles. The monoisotopic (exact) mass is 427 g/mol. The number of aryl methyl sites for hydroxylation is 1. The first-order chi connectivity index (χ1) is 14.3. The highest BCUT2D eigenvalue weighted by atomic mass is 19.4. The Balaban J connectivity index is 1.39. The molecular weight excluding hydrogens is 403 g/mol. The Morgan fingerprint density at radius 3 is 2.73 bits per heavy atom. The second-order valence-electron chi connectivity index (χ2n) is 7.86. The van der Waals surface area contributed by atoms with E-state index in [0.717, 1.165) is 25.5 Å². The van der Waals surface area contributed by atoms with E-state index in [9.17, 15) is 18.0 Å². The molecule has 2 aliphatic heterocycles. The Morgan fingerprint density at radius 2 is 2.07 bits per heavy atom. The standard InChI is InChI=1S/C20H24F3N3O4/c1-12-9-15(20(21,22)23)17-18(25-30-19(17)24-12)13-4-6-26(7-5-13)16(27)11-28-10-14-3-2-8-29-14/h9,13-14H,2-8,10-11H2,1H3/t14-/m0/s1. The fourth-order valence-corrected chi connectivity index (χ4v) is 4.15. The van der Waals surface area contributed by atoms with E-state index < -0.39 is 11.7 Å². The number of nitrogens with zero attached hydrogens (tertiary/aromatic N) is 3. The van der Waals surface area contributed by atoms with E-state index in [1.54, 1.807) is 4.90 Å². The van der Waals surface area contributed by atoms with Crippen LogP contribution in [0.5, 0.6) is 0 Å². The number of hydrogen-bond donors (Lipinski definition) is 0. The predicted octanol–water partition coefficient (Wildman–Crippen LogP) is 3.45. The minimum absolute atomic E-state index is 0.0150. The van der Waals surface area contributed by atoms with E-state index in [-0.39, 0.29) is 47.0 Å². The van der Waals surface area contributed by atoms with Crippen LogP contribution in [0.15, 0.2) is 10.6 Å². The van der Waals surface area contributed by atoms with E-state index >= 15 is 0 Å². The molecule has 7 nitrogen and oxygen atoms in total. The number of aromatic nitrogens is 2. The SMILES string of the molecule is Cc1cc(C(F)(F)F)c2c(C3CCN(C(=O)COC[C@@H]4CCCO4)CC3)noc2n1. The Hall–Kier alpha value is -2.20. The highest BCUT2D eigenvalue weighted by Crippen LogP contribution is 2.40. The van der Waals surface area contributed by atoms with E-state index in [4.69, 9.17) is 14.0 Å². The zero-order valence-corrected chi connectivity index (χ0v) is 16.7. The molecule has 4 rings (SSSR count). The van der Waals surface area contributed by atoms with Crippen molar-refractivity contribution in [2.45, 2.75) is 50.8 Å². The molecule has 0 spiro atoms. The molecule has 0 aliphatic carbocycles. The smallest absolute Gasteiger partial charge is 0.376 e. The lowest BCUT2D eigenvalue weighted by Gasteiger charge is -2.31. The van der Waals surface area contributed by atoms with Gasteiger partial charge in [-0.3, -0.25) is 4.79 Å². The Kier molecular flexibility index (Phi) is 5.97. The molecule has 1 atom stereocenters. The van der Waals surface area contributed by atoms with Crippen molar-refractivity contribution >= 4 is 17.0 Å². The molecule has 2 aromatic rings. The summed E-state index contributed by atoms with van der Waals surface area (Å²) in [5.74, 6) is -0.349. The lowest BCUT2D eigenvalue weighted by atomic mass is 9.90. The molecule has 0 bridgehead atoms. The number of alkyl halides is 3. The quantitative estimate of drug-likeness (QED) is 0.728. The van der Waals surface area contributed by atoms with Crippen molar-refractivity contribution in [1.29, 1.82) is 0 Å². The van der Waals surface area contributed by atoms with Crippen molar-refractivity contribution in [2.24, 2.45) is 0 Å². The maximum atomic E-state index is 13.5. The first kappa shape index (κ1) is 21.0.